The van der Waals surface area contributed by atoms with Gasteiger partial charge in [-0.05, 0) is 98.1 Å². The zero-order valence-electron chi connectivity index (χ0n) is 34.9. The van der Waals surface area contributed by atoms with E-state index in [0.717, 1.165) is 70.5 Å². The van der Waals surface area contributed by atoms with Crippen LogP contribution in [0.5, 0.6) is 0 Å². The quantitative estimate of drug-likeness (QED) is 0.157. The minimum absolute atomic E-state index is 0.0802. The third-order valence-electron chi connectivity index (χ3n) is 11.4. The van der Waals surface area contributed by atoms with E-state index in [0.29, 0.717) is 11.1 Å². The first-order valence-corrected chi connectivity index (χ1v) is 20.1. The molecule has 0 aliphatic heterocycles. The lowest BCUT2D eigenvalue weighted by Gasteiger charge is -2.35. The Labute approximate surface area is 343 Å². The van der Waals surface area contributed by atoms with E-state index in [1.54, 1.807) is 11.3 Å². The van der Waals surface area contributed by atoms with Gasteiger partial charge in [0.2, 0.25) is 0 Å². The Morgan fingerprint density at radius 1 is 0.386 bits per heavy atom. The molecule has 1 aromatic heterocycles. The zero-order valence-corrected chi connectivity index (χ0v) is 31.7. The average Bonchev–Trinajstić information content (AvgIpc) is 3.85. The lowest BCUT2D eigenvalue weighted by atomic mass is 9.67. The first kappa shape index (κ1) is 29.3. The van der Waals surface area contributed by atoms with Crippen molar-refractivity contribution in [2.75, 3.05) is 4.90 Å². The van der Waals surface area contributed by atoms with Crippen LogP contribution >= 0.6 is 11.3 Å². The Kier molecular flexibility index (Phi) is 7.01. The number of thiophene rings is 1. The van der Waals surface area contributed by atoms with Gasteiger partial charge in [0.1, 0.15) is 0 Å². The van der Waals surface area contributed by atoms with Crippen LogP contribution in [0, 0.1) is 0 Å². The van der Waals surface area contributed by atoms with E-state index in [2.05, 4.69) is 146 Å². The lowest BCUT2D eigenvalue weighted by molar-refractivity contribution is 0.768. The predicted molar refractivity (Wildman–Crippen MR) is 242 cm³/mol. The number of hydrogen-bond acceptors (Lipinski definition) is 2. The molecule has 268 valence electrons. The van der Waals surface area contributed by atoms with Crippen molar-refractivity contribution in [3.63, 3.8) is 0 Å². The molecule has 1 heterocycles. The average molecular weight is 748 g/mol. The van der Waals surface area contributed by atoms with Crippen LogP contribution in [0.15, 0.2) is 224 Å². The maximum Gasteiger partial charge on any atom is 0.0714 e. The van der Waals surface area contributed by atoms with Crippen LogP contribution in [0.25, 0.3) is 53.6 Å². The van der Waals surface area contributed by atoms with E-state index in [1.165, 1.54) is 5.56 Å². The maximum absolute atomic E-state index is 9.82. The zero-order chi connectivity index (χ0) is 41.2. The van der Waals surface area contributed by atoms with Crippen molar-refractivity contribution in [3.8, 4) is 33.4 Å². The molecule has 57 heavy (non-hydrogen) atoms. The van der Waals surface area contributed by atoms with Gasteiger partial charge in [-0.3, -0.25) is 0 Å². The summed E-state index contributed by atoms with van der Waals surface area (Å²) in [5, 5.41) is 2.15. The third-order valence-corrected chi connectivity index (χ3v) is 12.7. The molecule has 0 amide bonds. The molecule has 1 nitrogen and oxygen atoms in total. The van der Waals surface area contributed by atoms with Crippen LogP contribution in [-0.4, -0.2) is 0 Å². The number of nitrogens with zero attached hydrogens (tertiary/aromatic N) is 1. The van der Waals surface area contributed by atoms with E-state index in [-0.39, 0.29) is 29.9 Å². The highest BCUT2D eigenvalue weighted by molar-refractivity contribution is 7.26. The monoisotopic (exact) mass is 747 g/mol. The van der Waals surface area contributed by atoms with Gasteiger partial charge in [-0.25, -0.2) is 0 Å². The molecule has 9 aromatic carbocycles. The minimum Gasteiger partial charge on any atom is -0.310 e. The van der Waals surface area contributed by atoms with Gasteiger partial charge in [0, 0.05) is 37.2 Å². The second-order valence-electron chi connectivity index (χ2n) is 14.5. The molecule has 0 saturated heterocycles. The Hall–Kier alpha value is -7.00. The summed E-state index contributed by atoms with van der Waals surface area (Å²) < 4.78 is 41.0. The van der Waals surface area contributed by atoms with Gasteiger partial charge >= 0.3 is 0 Å². The summed E-state index contributed by atoms with van der Waals surface area (Å²) in [7, 11) is 0. The van der Waals surface area contributed by atoms with E-state index in [9.17, 15) is 5.48 Å². The van der Waals surface area contributed by atoms with Crippen molar-refractivity contribution in [2.24, 2.45) is 0 Å². The topological polar surface area (TPSA) is 3.24 Å². The molecule has 2 heteroatoms. The van der Waals surface area contributed by atoms with Gasteiger partial charge in [0.05, 0.1) is 10.9 Å². The molecule has 0 radical (unpaired) electrons. The van der Waals surface area contributed by atoms with Crippen LogP contribution < -0.4 is 4.90 Å². The highest BCUT2D eigenvalue weighted by Gasteiger charge is 2.46. The molecule has 0 atom stereocenters. The summed E-state index contributed by atoms with van der Waals surface area (Å²) in [6.45, 7) is 0. The maximum atomic E-state index is 9.82. The normalized spacial score (nSPS) is 13.7. The predicted octanol–water partition coefficient (Wildman–Crippen LogP) is 15.2. The van der Waals surface area contributed by atoms with Crippen molar-refractivity contribution in [3.05, 3.63) is 247 Å². The van der Waals surface area contributed by atoms with E-state index < -0.39 is 5.41 Å². The molecule has 1 aliphatic rings. The molecule has 10 aromatic rings. The van der Waals surface area contributed by atoms with Gasteiger partial charge in [0.15, 0.2) is 0 Å². The van der Waals surface area contributed by atoms with Gasteiger partial charge in [-0.1, -0.05) is 182 Å². The summed E-state index contributed by atoms with van der Waals surface area (Å²) in [5.74, 6) is 0. The van der Waals surface area contributed by atoms with Crippen LogP contribution in [-0.2, 0) is 5.41 Å². The molecule has 1 aliphatic carbocycles. The van der Waals surface area contributed by atoms with E-state index >= 15 is 0 Å². The highest BCUT2D eigenvalue weighted by Crippen LogP contribution is 2.57. The molecule has 0 unspecified atom stereocenters. The second-order valence-corrected chi connectivity index (χ2v) is 15.6. The smallest absolute Gasteiger partial charge is 0.0714 e. The van der Waals surface area contributed by atoms with Crippen LogP contribution in [0.4, 0.5) is 17.1 Å². The molecule has 11 rings (SSSR count). The van der Waals surface area contributed by atoms with Gasteiger partial charge < -0.3 is 4.90 Å². The van der Waals surface area contributed by atoms with E-state index in [1.807, 2.05) is 59.5 Å². The van der Waals surface area contributed by atoms with Crippen molar-refractivity contribution in [1.82, 2.24) is 0 Å². The van der Waals surface area contributed by atoms with Crippen LogP contribution in [0.3, 0.4) is 0 Å². The Morgan fingerprint density at radius 3 is 1.68 bits per heavy atom. The summed E-state index contributed by atoms with van der Waals surface area (Å²) in [5.41, 5.74) is 10.9. The van der Waals surface area contributed by atoms with Gasteiger partial charge in [-0.2, -0.15) is 0 Å². The summed E-state index contributed by atoms with van der Waals surface area (Å²) in [6, 6.07) is 68.5. The Balaban J connectivity index is 1.17. The first-order valence-electron chi connectivity index (χ1n) is 21.3. The number of anilines is 3. The second kappa shape index (κ2) is 13.6. The van der Waals surface area contributed by atoms with Crippen molar-refractivity contribution < 1.29 is 5.48 Å². The van der Waals surface area contributed by atoms with Crippen molar-refractivity contribution in [1.29, 1.82) is 0 Å². The van der Waals surface area contributed by atoms with E-state index in [4.69, 9.17) is 0 Å². The highest BCUT2D eigenvalue weighted by atomic mass is 32.1. The summed E-state index contributed by atoms with van der Waals surface area (Å²) in [4.78, 5) is 1.92. The molecule has 0 saturated carbocycles. The first-order chi connectivity index (χ1) is 29.9. The van der Waals surface area contributed by atoms with Crippen LogP contribution in [0.1, 0.15) is 27.7 Å². The van der Waals surface area contributed by atoms with Crippen LogP contribution in [0.2, 0.25) is 0 Å². The van der Waals surface area contributed by atoms with Crippen molar-refractivity contribution in [2.45, 2.75) is 5.41 Å². The minimum atomic E-state index is -0.672. The van der Waals surface area contributed by atoms with Crippen molar-refractivity contribution >= 4 is 48.6 Å². The Morgan fingerprint density at radius 2 is 0.947 bits per heavy atom. The fourth-order valence-corrected chi connectivity index (χ4v) is 10.1. The Bertz CT molecular complexity index is 3220. The number of benzene rings is 9. The molecular weight excluding hydrogens is 707 g/mol. The molecular formula is C55H37NS. The summed E-state index contributed by atoms with van der Waals surface area (Å²) >= 11 is 1.62. The fraction of sp³-hybridized carbons (Fsp3) is 0.0182. The van der Waals surface area contributed by atoms with Gasteiger partial charge in [0.25, 0.3) is 0 Å². The lowest BCUT2D eigenvalue weighted by Crippen LogP contribution is -2.28. The molecule has 0 fully saturated rings. The standard InChI is InChI=1S/C55H37NS/c1-4-15-38(16-5-1)39-27-31-43(32-28-39)56(44-33-29-40(30-34-44)46-23-14-24-50-49-22-11-13-26-53(49)57-54(46)50)45-35-36-48-47-21-10-12-25-51(47)55(52(48)37-45,41-17-6-2-7-18-41)42-19-8-3-9-20-42/h1-37H/i29D,30D,33D,34D. The third kappa shape index (κ3) is 5.37. The molecule has 0 bridgehead atoms. The number of rotatable bonds is 7. The largest absolute Gasteiger partial charge is 0.310 e. The number of hydrogen-bond donors (Lipinski definition) is 0. The fourth-order valence-electron chi connectivity index (χ4n) is 8.91. The summed E-state index contributed by atoms with van der Waals surface area (Å²) in [6.07, 6.45) is 0. The SMILES string of the molecule is [2H]c1c([2H])c(N(c2ccc(-c3ccccc3)cc2)c2ccc3c(c2)C(c2ccccc2)(c2ccccc2)c2ccccc2-3)c([2H])c([2H])c1-c1cccc2c1sc1ccccc12. The van der Waals surface area contributed by atoms with Gasteiger partial charge in [-0.15, -0.1) is 11.3 Å². The molecule has 0 spiro atoms. The molecule has 0 N–H and O–H groups in total. The number of fused-ring (bicyclic) bond motifs is 6.